The predicted octanol–water partition coefficient (Wildman–Crippen LogP) is -1.34. The molecule has 0 spiro atoms. The monoisotopic (exact) mass is 220 g/mol. The second kappa shape index (κ2) is 9.51. The SMILES string of the molecule is CCOC(=O)[C@H]1[CH-]C1.FB(F)F.[K+]. The summed E-state index contributed by atoms with van der Waals surface area (Å²) in [6.07, 6.45) is 2.86. The van der Waals surface area contributed by atoms with Crippen molar-refractivity contribution in [1.29, 1.82) is 0 Å². The largest absolute Gasteiger partial charge is 1.00 e. The van der Waals surface area contributed by atoms with Crippen LogP contribution in [0.3, 0.4) is 0 Å². The van der Waals surface area contributed by atoms with E-state index in [1.165, 1.54) is 0 Å². The summed E-state index contributed by atoms with van der Waals surface area (Å²) >= 11 is 0. The maximum atomic E-state index is 10.6. The Labute approximate surface area is 118 Å². The average Bonchev–Trinajstić information content (AvgIpc) is 2.66. The molecule has 1 rings (SSSR count). The van der Waals surface area contributed by atoms with E-state index in [1.807, 2.05) is 13.3 Å². The summed E-state index contributed by atoms with van der Waals surface area (Å²) in [5.41, 5.74) is 0. The minimum atomic E-state index is -3.67. The second-order valence-electron chi connectivity index (χ2n) is 2.08. The number of ether oxygens (including phenoxy) is 1. The van der Waals surface area contributed by atoms with E-state index in [4.69, 9.17) is 4.74 Å². The summed E-state index contributed by atoms with van der Waals surface area (Å²) in [6, 6.07) is 0. The van der Waals surface area contributed by atoms with Crippen molar-refractivity contribution in [2.45, 2.75) is 13.3 Å². The minimum absolute atomic E-state index is 0. The maximum Gasteiger partial charge on any atom is 1.00 e. The summed E-state index contributed by atoms with van der Waals surface area (Å²) in [4.78, 5) is 10.6. The van der Waals surface area contributed by atoms with Gasteiger partial charge in [0, 0.05) is 0 Å². The summed E-state index contributed by atoms with van der Waals surface area (Å²) in [5, 5.41) is 0. The van der Waals surface area contributed by atoms with Crippen LogP contribution in [0.2, 0.25) is 0 Å². The summed E-state index contributed by atoms with van der Waals surface area (Å²) in [5.74, 6) is 0.0717. The number of halogens is 3. The molecule has 0 radical (unpaired) electrons. The smallest absolute Gasteiger partial charge is 0.468 e. The Bertz CT molecular complexity index is 141. The molecule has 0 aromatic heterocycles. The van der Waals surface area contributed by atoms with Gasteiger partial charge in [-0.25, -0.2) is 0 Å². The number of hydrogen-bond donors (Lipinski definition) is 0. The Morgan fingerprint density at radius 1 is 1.62 bits per heavy atom. The Morgan fingerprint density at radius 2 is 2.00 bits per heavy atom. The fourth-order valence-electron chi connectivity index (χ4n) is 0.510. The van der Waals surface area contributed by atoms with Crippen LogP contribution in [0, 0.1) is 12.3 Å². The molecule has 7 heteroatoms. The van der Waals surface area contributed by atoms with Crippen LogP contribution in [0.15, 0.2) is 0 Å². The van der Waals surface area contributed by atoms with Crippen molar-refractivity contribution in [3.8, 4) is 0 Å². The van der Waals surface area contributed by atoms with Gasteiger partial charge in [-0.1, -0.05) is 5.92 Å². The van der Waals surface area contributed by atoms with Crippen molar-refractivity contribution >= 4 is 13.5 Å². The molecule has 0 aromatic carbocycles. The molecule has 2 nitrogen and oxygen atoms in total. The Balaban J connectivity index is 0. The maximum absolute atomic E-state index is 10.6. The quantitative estimate of drug-likeness (QED) is 0.327. The van der Waals surface area contributed by atoms with Crippen LogP contribution in [-0.2, 0) is 9.53 Å². The number of carbonyl (C=O) groups excluding carboxylic acids is 1. The second-order valence-corrected chi connectivity index (χ2v) is 2.08. The standard InChI is InChI=1S/C6H9O2.BF3.K/c1-2-8-6(7)5-3-4-5;2-1(3)4;/h3,5H,2,4H2,1H3;;/q-1;;+1/t5-;;/m0../s1. The molecule has 13 heavy (non-hydrogen) atoms. The summed E-state index contributed by atoms with van der Waals surface area (Å²) in [7, 11) is -3.67. The van der Waals surface area contributed by atoms with Gasteiger partial charge in [0.2, 0.25) is 0 Å². The fourth-order valence-corrected chi connectivity index (χ4v) is 0.510. The first kappa shape index (κ1) is 16.4. The Morgan fingerprint density at radius 3 is 2.23 bits per heavy atom. The van der Waals surface area contributed by atoms with Gasteiger partial charge in [0.1, 0.15) is 0 Å². The molecule has 0 amide bonds. The zero-order valence-corrected chi connectivity index (χ0v) is 10.7. The van der Waals surface area contributed by atoms with E-state index in [0.29, 0.717) is 6.61 Å². The van der Waals surface area contributed by atoms with Gasteiger partial charge in [-0.2, -0.15) is 6.42 Å². The Kier molecular flexibility index (Phi) is 12.0. The molecule has 1 saturated carbocycles. The molecule has 0 heterocycles. The molecule has 0 saturated heterocycles. The third kappa shape index (κ3) is 13.0. The molecule has 1 atom stereocenters. The molecule has 0 aliphatic heterocycles. The molecule has 1 fully saturated rings. The number of carbonyl (C=O) groups is 1. The third-order valence-electron chi connectivity index (χ3n) is 1.06. The van der Waals surface area contributed by atoms with E-state index in [0.717, 1.165) is 6.42 Å². The van der Waals surface area contributed by atoms with Gasteiger partial charge in [0.15, 0.2) is 0 Å². The van der Waals surface area contributed by atoms with Crippen molar-refractivity contribution in [2.24, 2.45) is 5.92 Å². The van der Waals surface area contributed by atoms with Gasteiger partial charge in [0.05, 0.1) is 6.61 Å². The predicted molar refractivity (Wildman–Crippen MR) is 38.1 cm³/mol. The zero-order valence-electron chi connectivity index (χ0n) is 7.60. The van der Waals surface area contributed by atoms with Gasteiger partial charge in [-0.15, -0.1) is 0 Å². The molecular formula is C6H9BF3KO2. The Hall–Kier alpha value is 0.961. The van der Waals surface area contributed by atoms with Crippen LogP contribution >= 0.6 is 0 Å². The summed E-state index contributed by atoms with van der Waals surface area (Å²) < 4.78 is 33.7. The molecule has 1 aliphatic carbocycles. The summed E-state index contributed by atoms with van der Waals surface area (Å²) in [6.45, 7) is 2.32. The van der Waals surface area contributed by atoms with Gasteiger partial charge in [-0.3, -0.25) is 17.7 Å². The van der Waals surface area contributed by atoms with E-state index >= 15 is 0 Å². The molecular weight excluding hydrogens is 211 g/mol. The zero-order chi connectivity index (χ0) is 9.56. The van der Waals surface area contributed by atoms with Crippen LogP contribution in [0.5, 0.6) is 0 Å². The first-order valence-electron chi connectivity index (χ1n) is 3.50. The van der Waals surface area contributed by atoms with Crippen LogP contribution in [-0.4, -0.2) is 20.1 Å². The topological polar surface area (TPSA) is 26.3 Å². The van der Waals surface area contributed by atoms with E-state index < -0.39 is 7.54 Å². The molecule has 0 unspecified atom stereocenters. The molecule has 0 N–H and O–H groups in total. The first-order valence-corrected chi connectivity index (χ1v) is 3.50. The first-order chi connectivity index (χ1) is 5.57. The van der Waals surface area contributed by atoms with Crippen molar-refractivity contribution < 1.29 is 73.9 Å². The van der Waals surface area contributed by atoms with E-state index in [9.17, 15) is 17.7 Å². The average molecular weight is 220 g/mol. The minimum Gasteiger partial charge on any atom is -0.468 e. The van der Waals surface area contributed by atoms with E-state index in [1.54, 1.807) is 0 Å². The van der Waals surface area contributed by atoms with Gasteiger partial charge in [-0.05, 0) is 6.92 Å². The van der Waals surface area contributed by atoms with Crippen LogP contribution in [0.1, 0.15) is 13.3 Å². The number of esters is 1. The number of hydrogen-bond acceptors (Lipinski definition) is 2. The van der Waals surface area contributed by atoms with Gasteiger partial charge in [0.25, 0.3) is 5.97 Å². The molecule has 1 aliphatic rings. The number of rotatable bonds is 2. The van der Waals surface area contributed by atoms with Crippen LogP contribution in [0.25, 0.3) is 0 Å². The van der Waals surface area contributed by atoms with Crippen molar-refractivity contribution in [3.05, 3.63) is 6.42 Å². The van der Waals surface area contributed by atoms with E-state index in [-0.39, 0.29) is 63.3 Å². The van der Waals surface area contributed by atoms with Crippen molar-refractivity contribution in [2.75, 3.05) is 6.61 Å². The van der Waals surface area contributed by atoms with Gasteiger partial charge >= 0.3 is 58.9 Å². The van der Waals surface area contributed by atoms with Crippen molar-refractivity contribution in [1.82, 2.24) is 0 Å². The van der Waals surface area contributed by atoms with Crippen molar-refractivity contribution in [3.63, 3.8) is 0 Å². The molecule has 0 bridgehead atoms. The van der Waals surface area contributed by atoms with Crippen LogP contribution in [0.4, 0.5) is 12.9 Å². The fraction of sp³-hybridized carbons (Fsp3) is 0.667. The third-order valence-corrected chi connectivity index (χ3v) is 1.06. The molecule has 70 valence electrons. The normalized spacial score (nSPS) is 17.4. The van der Waals surface area contributed by atoms with Gasteiger partial charge < -0.3 is 11.2 Å². The molecule has 0 aromatic rings. The van der Waals surface area contributed by atoms with E-state index in [2.05, 4.69) is 0 Å². The van der Waals surface area contributed by atoms with Crippen LogP contribution < -0.4 is 51.4 Å².